The summed E-state index contributed by atoms with van der Waals surface area (Å²) >= 11 is 0. The molecule has 0 heterocycles. The second-order valence-electron chi connectivity index (χ2n) is 3.86. The van der Waals surface area contributed by atoms with E-state index in [2.05, 4.69) is 0 Å². The van der Waals surface area contributed by atoms with Gasteiger partial charge in [0.25, 0.3) is 5.91 Å². The number of ether oxygens (including phenoxy) is 1. The Bertz CT molecular complexity index is 488. The van der Waals surface area contributed by atoms with E-state index in [9.17, 15) is 22.8 Å². The highest BCUT2D eigenvalue weighted by Crippen LogP contribution is 2.18. The summed E-state index contributed by atoms with van der Waals surface area (Å²) in [5.41, 5.74) is 0.337. The van der Waals surface area contributed by atoms with Crippen LogP contribution in [0, 0.1) is 0 Å². The Labute approximate surface area is 112 Å². The van der Waals surface area contributed by atoms with E-state index in [4.69, 9.17) is 9.84 Å². The summed E-state index contributed by atoms with van der Waals surface area (Å²) in [4.78, 5) is 21.8. The molecule has 0 saturated carbocycles. The molecule has 0 saturated heterocycles. The lowest BCUT2D eigenvalue weighted by molar-refractivity contribution is -0.139. The van der Waals surface area contributed by atoms with Crippen LogP contribution in [0.15, 0.2) is 24.3 Å². The van der Waals surface area contributed by atoms with Crippen molar-refractivity contribution in [3.8, 4) is 5.75 Å². The first-order valence-corrected chi connectivity index (χ1v) is 5.54. The quantitative estimate of drug-likeness (QED) is 0.830. The Kier molecular flexibility index (Phi) is 5.36. The fourth-order valence-electron chi connectivity index (χ4n) is 1.35. The topological polar surface area (TPSA) is 75.6 Å². The fraction of sp³-hybridized carbons (Fsp3) is 0.333. The highest BCUT2D eigenvalue weighted by Gasteiger charge is 2.27. The van der Waals surface area contributed by atoms with E-state index in [1.54, 1.807) is 17.4 Å². The van der Waals surface area contributed by atoms with Crippen LogP contribution in [0.4, 0.5) is 13.2 Å². The van der Waals surface area contributed by atoms with Crippen LogP contribution in [-0.4, -0.2) is 36.3 Å². The molecule has 110 valence electrons. The smallest absolute Gasteiger partial charge is 0.405 e. The lowest BCUT2D eigenvalue weighted by Gasteiger charge is -2.11. The lowest BCUT2D eigenvalue weighted by atomic mass is 10.1. The summed E-state index contributed by atoms with van der Waals surface area (Å²) in [6.07, 6.45) is -4.79. The lowest BCUT2D eigenvalue weighted by Crippen LogP contribution is -2.36. The van der Waals surface area contributed by atoms with Gasteiger partial charge in [-0.1, -0.05) is 18.2 Å². The van der Waals surface area contributed by atoms with Crippen LogP contribution >= 0.6 is 0 Å². The molecule has 0 aliphatic carbocycles. The molecular formula is C12H12F3NO4. The van der Waals surface area contributed by atoms with E-state index in [1.807, 2.05) is 0 Å². The largest absolute Gasteiger partial charge is 0.483 e. The van der Waals surface area contributed by atoms with Gasteiger partial charge in [0.15, 0.2) is 6.61 Å². The molecule has 0 spiro atoms. The molecular weight excluding hydrogens is 279 g/mol. The molecule has 0 aliphatic rings. The molecule has 1 amide bonds. The van der Waals surface area contributed by atoms with Crippen LogP contribution < -0.4 is 10.1 Å². The number of carboxylic acids is 1. The van der Waals surface area contributed by atoms with Crippen LogP contribution in [0.1, 0.15) is 5.56 Å². The van der Waals surface area contributed by atoms with Crippen molar-refractivity contribution in [2.24, 2.45) is 0 Å². The number of rotatable bonds is 6. The molecule has 0 bridgehead atoms. The molecule has 1 aromatic rings. The number of hydrogen-bond acceptors (Lipinski definition) is 3. The fourth-order valence-corrected chi connectivity index (χ4v) is 1.35. The molecule has 20 heavy (non-hydrogen) atoms. The zero-order valence-electron chi connectivity index (χ0n) is 10.2. The minimum atomic E-state index is -4.49. The van der Waals surface area contributed by atoms with Gasteiger partial charge in [-0.25, -0.2) is 0 Å². The molecule has 0 fully saturated rings. The van der Waals surface area contributed by atoms with Crippen molar-refractivity contribution in [3.05, 3.63) is 29.8 Å². The minimum absolute atomic E-state index is 0.150. The highest BCUT2D eigenvalue weighted by molar-refractivity contribution is 5.77. The predicted octanol–water partition coefficient (Wildman–Crippen LogP) is 1.37. The Morgan fingerprint density at radius 2 is 1.90 bits per heavy atom. The number of benzene rings is 1. The van der Waals surface area contributed by atoms with Gasteiger partial charge in [-0.05, 0) is 6.07 Å². The maximum absolute atomic E-state index is 11.9. The molecule has 2 N–H and O–H groups in total. The molecule has 0 radical (unpaired) electrons. The van der Waals surface area contributed by atoms with Crippen molar-refractivity contribution in [2.45, 2.75) is 12.6 Å². The van der Waals surface area contributed by atoms with Crippen LogP contribution in [0.2, 0.25) is 0 Å². The molecule has 1 rings (SSSR count). The average molecular weight is 291 g/mol. The van der Waals surface area contributed by atoms with Crippen molar-refractivity contribution in [1.29, 1.82) is 0 Å². The van der Waals surface area contributed by atoms with Gasteiger partial charge < -0.3 is 15.2 Å². The maximum atomic E-state index is 11.9. The zero-order valence-corrected chi connectivity index (χ0v) is 10.2. The van der Waals surface area contributed by atoms with Crippen LogP contribution in [0.3, 0.4) is 0 Å². The second-order valence-corrected chi connectivity index (χ2v) is 3.86. The number of nitrogens with one attached hydrogen (secondary N) is 1. The zero-order chi connectivity index (χ0) is 15.2. The number of amides is 1. The third kappa shape index (κ3) is 6.07. The first-order valence-electron chi connectivity index (χ1n) is 5.54. The minimum Gasteiger partial charge on any atom is -0.483 e. The van der Waals surface area contributed by atoms with Gasteiger partial charge in [-0.15, -0.1) is 0 Å². The Morgan fingerprint density at radius 3 is 2.50 bits per heavy atom. The van der Waals surface area contributed by atoms with Gasteiger partial charge in [0, 0.05) is 5.56 Å². The normalized spacial score (nSPS) is 10.9. The number of carbonyl (C=O) groups is 2. The van der Waals surface area contributed by atoms with Gasteiger partial charge in [0.1, 0.15) is 12.3 Å². The third-order valence-electron chi connectivity index (χ3n) is 2.16. The molecule has 5 nitrogen and oxygen atoms in total. The van der Waals surface area contributed by atoms with Crippen molar-refractivity contribution in [3.63, 3.8) is 0 Å². The third-order valence-corrected chi connectivity index (χ3v) is 2.16. The molecule has 0 aromatic heterocycles. The van der Waals surface area contributed by atoms with E-state index >= 15 is 0 Å². The van der Waals surface area contributed by atoms with Gasteiger partial charge in [0.05, 0.1) is 6.42 Å². The van der Waals surface area contributed by atoms with Gasteiger partial charge >= 0.3 is 12.1 Å². The first kappa shape index (κ1) is 15.8. The first-order chi connectivity index (χ1) is 9.28. The summed E-state index contributed by atoms with van der Waals surface area (Å²) in [5, 5.41) is 10.3. The van der Waals surface area contributed by atoms with Crippen molar-refractivity contribution >= 4 is 11.9 Å². The highest BCUT2D eigenvalue weighted by atomic mass is 19.4. The Morgan fingerprint density at radius 1 is 1.25 bits per heavy atom. The molecule has 0 unspecified atom stereocenters. The van der Waals surface area contributed by atoms with E-state index in [0.717, 1.165) is 0 Å². The van der Waals surface area contributed by atoms with Crippen LogP contribution in [0.25, 0.3) is 0 Å². The number of carboxylic acid groups (broad SMARTS) is 1. The van der Waals surface area contributed by atoms with Crippen molar-refractivity contribution in [2.75, 3.05) is 13.2 Å². The van der Waals surface area contributed by atoms with Gasteiger partial charge in [-0.2, -0.15) is 13.2 Å². The number of halogens is 3. The Hall–Kier alpha value is -2.25. The molecule has 0 aliphatic heterocycles. The van der Waals surface area contributed by atoms with E-state index in [1.165, 1.54) is 12.1 Å². The number of para-hydroxylation sites is 1. The number of carbonyl (C=O) groups excluding carboxylic acids is 1. The second kappa shape index (κ2) is 6.78. The van der Waals surface area contributed by atoms with E-state index in [-0.39, 0.29) is 12.2 Å². The number of hydrogen-bond donors (Lipinski definition) is 2. The summed E-state index contributed by atoms with van der Waals surface area (Å²) in [6, 6.07) is 6.09. The maximum Gasteiger partial charge on any atom is 0.405 e. The Balaban J connectivity index is 2.53. The van der Waals surface area contributed by atoms with Crippen molar-refractivity contribution < 1.29 is 32.6 Å². The summed E-state index contributed by atoms with van der Waals surface area (Å²) in [6.45, 7) is -2.06. The van der Waals surface area contributed by atoms with Gasteiger partial charge in [0.2, 0.25) is 0 Å². The summed E-state index contributed by atoms with van der Waals surface area (Å²) in [5.74, 6) is -1.87. The monoisotopic (exact) mass is 291 g/mol. The van der Waals surface area contributed by atoms with Crippen molar-refractivity contribution in [1.82, 2.24) is 5.32 Å². The van der Waals surface area contributed by atoms with Crippen LogP contribution in [-0.2, 0) is 16.0 Å². The molecule has 1 aromatic carbocycles. The summed E-state index contributed by atoms with van der Waals surface area (Å²) < 4.78 is 40.6. The molecule has 8 heteroatoms. The molecule has 0 atom stereocenters. The number of alkyl halides is 3. The summed E-state index contributed by atoms with van der Waals surface area (Å²) in [7, 11) is 0. The van der Waals surface area contributed by atoms with Gasteiger partial charge in [-0.3, -0.25) is 9.59 Å². The SMILES string of the molecule is O=C(O)Cc1ccccc1OCC(=O)NCC(F)(F)F. The average Bonchev–Trinajstić information content (AvgIpc) is 2.34. The predicted molar refractivity (Wildman–Crippen MR) is 62.3 cm³/mol. The van der Waals surface area contributed by atoms with E-state index in [0.29, 0.717) is 5.56 Å². The van der Waals surface area contributed by atoms with E-state index < -0.39 is 31.2 Å². The van der Waals surface area contributed by atoms with Crippen LogP contribution in [0.5, 0.6) is 5.75 Å². The standard InChI is InChI=1S/C12H12F3NO4/c13-12(14,15)7-16-10(17)6-20-9-4-2-1-3-8(9)5-11(18)19/h1-4H,5-7H2,(H,16,17)(H,18,19). The number of aliphatic carboxylic acids is 1.